The van der Waals surface area contributed by atoms with Crippen molar-refractivity contribution in [2.75, 3.05) is 20.2 Å². The summed E-state index contributed by atoms with van der Waals surface area (Å²) in [5.41, 5.74) is 2.45. The zero-order valence-corrected chi connectivity index (χ0v) is 15.0. The summed E-state index contributed by atoms with van der Waals surface area (Å²) in [7, 11) is 1.74. The van der Waals surface area contributed by atoms with Crippen molar-refractivity contribution >= 4 is 17.8 Å². The molecule has 5 nitrogen and oxygen atoms in total. The van der Waals surface area contributed by atoms with E-state index in [9.17, 15) is 15.0 Å². The molecule has 6 heteroatoms. The Balaban J connectivity index is 2.17. The molecule has 0 saturated carbocycles. The van der Waals surface area contributed by atoms with Gasteiger partial charge < -0.3 is 15.1 Å². The van der Waals surface area contributed by atoms with Crippen LogP contribution in [0.3, 0.4) is 0 Å². The Morgan fingerprint density at radius 2 is 1.96 bits per heavy atom. The number of phenolic OH excluding ortho intramolecular Hbond substituents is 2. The molecule has 2 N–H and O–H groups in total. The first-order valence-corrected chi connectivity index (χ1v) is 8.30. The number of hydrogen-bond acceptors (Lipinski definition) is 4. The van der Waals surface area contributed by atoms with E-state index < -0.39 is 0 Å². The lowest BCUT2D eigenvalue weighted by molar-refractivity contribution is 0.0782. The molecule has 0 aliphatic heterocycles. The number of amides is 1. The van der Waals surface area contributed by atoms with E-state index in [1.54, 1.807) is 24.1 Å². The van der Waals surface area contributed by atoms with Crippen LogP contribution in [0.5, 0.6) is 11.5 Å². The topological polar surface area (TPSA) is 70.0 Å². The Bertz CT molecular complexity index is 735. The Labute approximate surface area is 152 Å². The molecular formula is C19H22ClNO4. The van der Waals surface area contributed by atoms with Crippen LogP contribution in [-0.4, -0.2) is 41.2 Å². The fourth-order valence-electron chi connectivity index (χ4n) is 2.76. The van der Waals surface area contributed by atoms with Gasteiger partial charge in [0.1, 0.15) is 0 Å². The van der Waals surface area contributed by atoms with E-state index in [1.807, 2.05) is 25.1 Å². The van der Waals surface area contributed by atoms with Gasteiger partial charge in [0, 0.05) is 25.1 Å². The van der Waals surface area contributed by atoms with Crippen molar-refractivity contribution in [3.05, 3.63) is 59.2 Å². The molecule has 2 aromatic rings. The fourth-order valence-corrected chi connectivity index (χ4v) is 2.85. The van der Waals surface area contributed by atoms with Crippen molar-refractivity contribution in [2.45, 2.75) is 19.3 Å². The van der Waals surface area contributed by atoms with Crippen LogP contribution in [0.25, 0.3) is 0 Å². The number of rotatable bonds is 7. The molecule has 1 atom stereocenters. The molecular weight excluding hydrogens is 342 g/mol. The minimum Gasteiger partial charge on any atom is -0.504 e. The lowest BCUT2D eigenvalue weighted by atomic mass is 9.94. The molecule has 0 heterocycles. The van der Waals surface area contributed by atoms with Crippen LogP contribution in [0, 0.1) is 6.92 Å². The summed E-state index contributed by atoms with van der Waals surface area (Å²) < 4.78 is 4.65. The predicted octanol–water partition coefficient (Wildman–Crippen LogP) is 3.82. The average Bonchev–Trinajstić information content (AvgIpc) is 2.60. The Morgan fingerprint density at radius 1 is 1.20 bits per heavy atom. The quantitative estimate of drug-likeness (QED) is 0.733. The average molecular weight is 364 g/mol. The summed E-state index contributed by atoms with van der Waals surface area (Å²) in [4.78, 5) is 14.3. The smallest absolute Gasteiger partial charge is 0.253 e. The van der Waals surface area contributed by atoms with E-state index in [4.69, 9.17) is 11.9 Å². The molecule has 2 aromatic carbocycles. The zero-order chi connectivity index (χ0) is 18.4. The fraction of sp³-hybridized carbons (Fsp3) is 0.316. The van der Waals surface area contributed by atoms with E-state index in [2.05, 4.69) is 4.29 Å². The van der Waals surface area contributed by atoms with Crippen molar-refractivity contribution in [1.82, 2.24) is 4.90 Å². The van der Waals surface area contributed by atoms with Crippen LogP contribution < -0.4 is 0 Å². The molecule has 0 aromatic heterocycles. The van der Waals surface area contributed by atoms with Gasteiger partial charge in [-0.05, 0) is 43.2 Å². The second-order valence-electron chi connectivity index (χ2n) is 6.10. The molecule has 0 saturated heterocycles. The van der Waals surface area contributed by atoms with E-state index in [1.165, 1.54) is 12.1 Å². The molecule has 1 amide bonds. The Hall–Kier alpha value is -2.24. The maximum Gasteiger partial charge on any atom is 0.253 e. The highest BCUT2D eigenvalue weighted by Gasteiger charge is 2.20. The van der Waals surface area contributed by atoms with Crippen molar-refractivity contribution in [2.24, 2.45) is 0 Å². The summed E-state index contributed by atoms with van der Waals surface area (Å²) in [6.07, 6.45) is 0.569. The number of phenols is 2. The van der Waals surface area contributed by atoms with Gasteiger partial charge in [-0.1, -0.05) is 23.8 Å². The summed E-state index contributed by atoms with van der Waals surface area (Å²) in [6.45, 7) is 2.67. The van der Waals surface area contributed by atoms with Gasteiger partial charge in [-0.3, -0.25) is 9.08 Å². The third-order valence-electron chi connectivity index (χ3n) is 4.12. The zero-order valence-electron chi connectivity index (χ0n) is 14.3. The van der Waals surface area contributed by atoms with Crippen LogP contribution in [0.2, 0.25) is 0 Å². The van der Waals surface area contributed by atoms with Gasteiger partial charge in [0.2, 0.25) is 0 Å². The van der Waals surface area contributed by atoms with E-state index in [0.717, 1.165) is 11.1 Å². The Morgan fingerprint density at radius 3 is 2.60 bits per heavy atom. The van der Waals surface area contributed by atoms with Crippen LogP contribution in [-0.2, 0) is 4.29 Å². The highest BCUT2D eigenvalue weighted by atomic mass is 35.5. The minimum atomic E-state index is -0.193. The maximum atomic E-state index is 12.6. The number of carbonyl (C=O) groups excluding carboxylic acids is 1. The van der Waals surface area contributed by atoms with Crippen LogP contribution in [0.4, 0.5) is 0 Å². The summed E-state index contributed by atoms with van der Waals surface area (Å²) in [5.74, 6) is -0.547. The van der Waals surface area contributed by atoms with Crippen LogP contribution >= 0.6 is 11.9 Å². The normalized spacial score (nSPS) is 12.0. The van der Waals surface area contributed by atoms with Gasteiger partial charge in [0.25, 0.3) is 5.91 Å². The van der Waals surface area contributed by atoms with Crippen molar-refractivity contribution < 1.29 is 19.3 Å². The molecule has 0 aliphatic carbocycles. The third-order valence-corrected chi connectivity index (χ3v) is 4.27. The van der Waals surface area contributed by atoms with Crippen molar-refractivity contribution in [3.8, 4) is 11.5 Å². The number of carbonyl (C=O) groups is 1. The number of aryl methyl sites for hydroxylation is 1. The van der Waals surface area contributed by atoms with E-state index in [-0.39, 0.29) is 23.3 Å². The summed E-state index contributed by atoms with van der Waals surface area (Å²) in [5, 5.41) is 19.2. The van der Waals surface area contributed by atoms with E-state index in [0.29, 0.717) is 25.1 Å². The van der Waals surface area contributed by atoms with Gasteiger partial charge in [0.15, 0.2) is 11.5 Å². The Kier molecular flexibility index (Phi) is 6.67. The lowest BCUT2D eigenvalue weighted by Gasteiger charge is -2.25. The predicted molar refractivity (Wildman–Crippen MR) is 97.1 cm³/mol. The molecule has 25 heavy (non-hydrogen) atoms. The van der Waals surface area contributed by atoms with Crippen molar-refractivity contribution in [1.29, 1.82) is 0 Å². The number of nitrogens with zero attached hydrogens (tertiary/aromatic N) is 1. The number of aromatic hydroxyl groups is 2. The molecule has 0 bridgehead atoms. The summed E-state index contributed by atoms with van der Waals surface area (Å²) >= 11 is 5.33. The highest BCUT2D eigenvalue weighted by Crippen LogP contribution is 2.30. The van der Waals surface area contributed by atoms with Crippen LogP contribution in [0.15, 0.2) is 42.5 Å². The monoisotopic (exact) mass is 363 g/mol. The number of halogens is 1. The third kappa shape index (κ3) is 5.11. The van der Waals surface area contributed by atoms with Crippen molar-refractivity contribution in [3.63, 3.8) is 0 Å². The number of hydrogen-bond donors (Lipinski definition) is 2. The van der Waals surface area contributed by atoms with Gasteiger partial charge >= 0.3 is 0 Å². The van der Waals surface area contributed by atoms with Gasteiger partial charge in [-0.25, -0.2) is 0 Å². The van der Waals surface area contributed by atoms with Gasteiger partial charge in [-0.15, -0.1) is 0 Å². The molecule has 134 valence electrons. The maximum absolute atomic E-state index is 12.6. The summed E-state index contributed by atoms with van der Waals surface area (Å²) in [6, 6.07) is 12.1. The SMILES string of the molecule is Cc1cccc(C(=O)N(C)CC(CCOCl)c2ccc(O)c(O)c2)c1. The first-order valence-electron chi connectivity index (χ1n) is 8.00. The lowest BCUT2D eigenvalue weighted by Crippen LogP contribution is -2.31. The van der Waals surface area contributed by atoms with Crippen LogP contribution in [0.1, 0.15) is 33.8 Å². The molecule has 0 fully saturated rings. The number of benzene rings is 2. The standard InChI is InChI=1S/C19H22ClNO4/c1-13-4-3-5-15(10-13)19(24)21(2)12-16(8-9-25-20)14-6-7-17(22)18(23)11-14/h3-7,10-11,16,22-23H,8-9,12H2,1-2H3. The molecule has 0 aliphatic rings. The number of likely N-dealkylation sites (N-methyl/N-ethyl adjacent to an activating group) is 1. The molecule has 1 unspecified atom stereocenters. The second-order valence-corrected chi connectivity index (χ2v) is 6.32. The minimum absolute atomic E-state index is 0.0801. The first-order chi connectivity index (χ1) is 11.9. The van der Waals surface area contributed by atoms with Gasteiger partial charge in [-0.2, -0.15) is 0 Å². The second kappa shape index (κ2) is 8.74. The van der Waals surface area contributed by atoms with E-state index >= 15 is 0 Å². The van der Waals surface area contributed by atoms with Gasteiger partial charge in [0.05, 0.1) is 18.5 Å². The first kappa shape index (κ1) is 19.1. The highest BCUT2D eigenvalue weighted by molar-refractivity contribution is 6.07. The molecule has 2 rings (SSSR count). The molecule has 0 spiro atoms. The molecule has 0 radical (unpaired) electrons. The largest absolute Gasteiger partial charge is 0.504 e.